The molecule has 1 atom stereocenters. The molecule has 178 valence electrons. The van der Waals surface area contributed by atoms with Gasteiger partial charge in [0.25, 0.3) is 0 Å². The van der Waals surface area contributed by atoms with Gasteiger partial charge in [0.2, 0.25) is 11.8 Å². The van der Waals surface area contributed by atoms with Crippen LogP contribution in [0, 0.1) is 0 Å². The number of carbonyl (C=O) groups excluding carboxylic acids is 2. The number of halogens is 1. The maximum atomic E-state index is 13.4. The Morgan fingerprint density at radius 1 is 0.941 bits per heavy atom. The first kappa shape index (κ1) is 25.1. The van der Waals surface area contributed by atoms with Gasteiger partial charge in [-0.05, 0) is 41.8 Å². The third kappa shape index (κ3) is 6.51. The first-order valence-electron chi connectivity index (χ1n) is 11.1. The molecule has 0 bridgehead atoms. The maximum absolute atomic E-state index is 13.4. The highest BCUT2D eigenvalue weighted by molar-refractivity contribution is 6.30. The van der Waals surface area contributed by atoms with E-state index in [4.69, 9.17) is 21.1 Å². The van der Waals surface area contributed by atoms with Crippen molar-refractivity contribution in [3.63, 3.8) is 0 Å². The lowest BCUT2D eigenvalue weighted by molar-refractivity contribution is -0.139. The fraction of sp³-hybridized carbons (Fsp3) is 0.259. The van der Waals surface area contributed by atoms with Crippen molar-refractivity contribution < 1.29 is 19.1 Å². The van der Waals surface area contributed by atoms with Crippen LogP contribution in [0.1, 0.15) is 24.5 Å². The zero-order valence-corrected chi connectivity index (χ0v) is 20.3. The summed E-state index contributed by atoms with van der Waals surface area (Å²) >= 11 is 6.03. The second-order valence-electron chi connectivity index (χ2n) is 7.79. The Morgan fingerprint density at radius 3 is 2.26 bits per heavy atom. The van der Waals surface area contributed by atoms with Gasteiger partial charge in [-0.3, -0.25) is 9.59 Å². The second kappa shape index (κ2) is 12.1. The molecule has 6 nitrogen and oxygen atoms in total. The van der Waals surface area contributed by atoms with Gasteiger partial charge in [-0.1, -0.05) is 61.0 Å². The van der Waals surface area contributed by atoms with Gasteiger partial charge in [0.15, 0.2) is 0 Å². The van der Waals surface area contributed by atoms with Crippen LogP contribution >= 0.6 is 11.6 Å². The van der Waals surface area contributed by atoms with Crippen molar-refractivity contribution in [1.82, 2.24) is 4.90 Å². The molecule has 34 heavy (non-hydrogen) atoms. The summed E-state index contributed by atoms with van der Waals surface area (Å²) in [6.07, 6.45) is 0.641. The molecule has 0 aliphatic heterocycles. The highest BCUT2D eigenvalue weighted by atomic mass is 35.5. The number of hydrogen-bond acceptors (Lipinski definition) is 4. The summed E-state index contributed by atoms with van der Waals surface area (Å²) < 4.78 is 10.6. The molecule has 1 N–H and O–H groups in total. The molecule has 0 saturated carbocycles. The van der Waals surface area contributed by atoms with E-state index >= 15 is 0 Å². The monoisotopic (exact) mass is 480 g/mol. The molecule has 0 fully saturated rings. The summed E-state index contributed by atoms with van der Waals surface area (Å²) in [5.74, 6) is 0.665. The lowest BCUT2D eigenvalue weighted by Gasteiger charge is -2.31. The van der Waals surface area contributed by atoms with E-state index in [0.717, 1.165) is 11.1 Å². The molecule has 3 rings (SSSR count). The van der Waals surface area contributed by atoms with E-state index < -0.39 is 6.04 Å². The third-order valence-corrected chi connectivity index (χ3v) is 5.77. The van der Waals surface area contributed by atoms with Gasteiger partial charge in [-0.2, -0.15) is 0 Å². The molecule has 0 aromatic heterocycles. The number of ether oxygens (including phenoxy) is 2. The number of rotatable bonds is 10. The van der Waals surface area contributed by atoms with Crippen LogP contribution in [0.3, 0.4) is 0 Å². The number of anilines is 1. The molecule has 0 radical (unpaired) electrons. The van der Waals surface area contributed by atoms with Crippen LogP contribution in [0.5, 0.6) is 11.5 Å². The Bertz CT molecular complexity index is 1100. The van der Waals surface area contributed by atoms with Crippen molar-refractivity contribution in [2.24, 2.45) is 0 Å². The SMILES string of the molecule is CCC(C(=O)Nc1ccc(OC)cc1OC)N(Cc1ccc(Cl)cc1)C(=O)Cc1ccccc1. The van der Waals surface area contributed by atoms with Crippen molar-refractivity contribution in [1.29, 1.82) is 0 Å². The van der Waals surface area contributed by atoms with Crippen LogP contribution in [0.15, 0.2) is 72.8 Å². The average molecular weight is 481 g/mol. The van der Waals surface area contributed by atoms with E-state index in [2.05, 4.69) is 5.32 Å². The normalized spacial score (nSPS) is 11.4. The van der Waals surface area contributed by atoms with Crippen LogP contribution in [0.25, 0.3) is 0 Å². The molecule has 3 aromatic rings. The number of carbonyl (C=O) groups is 2. The second-order valence-corrected chi connectivity index (χ2v) is 8.23. The van der Waals surface area contributed by atoms with Crippen LogP contribution in [-0.2, 0) is 22.6 Å². The molecule has 0 saturated heterocycles. The van der Waals surface area contributed by atoms with Gasteiger partial charge in [-0.25, -0.2) is 0 Å². The smallest absolute Gasteiger partial charge is 0.247 e. The zero-order valence-electron chi connectivity index (χ0n) is 19.6. The topological polar surface area (TPSA) is 67.9 Å². The van der Waals surface area contributed by atoms with Crippen LogP contribution in [0.4, 0.5) is 5.69 Å². The summed E-state index contributed by atoms with van der Waals surface area (Å²) in [7, 11) is 3.09. The molecule has 1 unspecified atom stereocenters. The standard InChI is InChI=1S/C27H29ClN2O4/c1-4-24(27(32)29-23-15-14-22(33-2)17-25(23)34-3)30(18-20-10-12-21(28)13-11-20)26(31)16-19-8-6-5-7-9-19/h5-15,17,24H,4,16,18H2,1-3H3,(H,29,32). The predicted octanol–water partition coefficient (Wildman–Crippen LogP) is 5.35. The van der Waals surface area contributed by atoms with Gasteiger partial charge in [0, 0.05) is 17.6 Å². The quantitative estimate of drug-likeness (QED) is 0.425. The van der Waals surface area contributed by atoms with Crippen molar-refractivity contribution >= 4 is 29.1 Å². The Kier molecular flexibility index (Phi) is 8.93. The largest absolute Gasteiger partial charge is 0.497 e. The Balaban J connectivity index is 1.87. The zero-order chi connectivity index (χ0) is 24.5. The van der Waals surface area contributed by atoms with E-state index in [1.54, 1.807) is 42.3 Å². The van der Waals surface area contributed by atoms with Gasteiger partial charge >= 0.3 is 0 Å². The lowest BCUT2D eigenvalue weighted by atomic mass is 10.1. The highest BCUT2D eigenvalue weighted by Gasteiger charge is 2.29. The van der Waals surface area contributed by atoms with Gasteiger partial charge in [0.05, 0.1) is 26.3 Å². The van der Waals surface area contributed by atoms with Gasteiger partial charge in [0.1, 0.15) is 17.5 Å². The summed E-state index contributed by atoms with van der Waals surface area (Å²) in [5.41, 5.74) is 2.29. The van der Waals surface area contributed by atoms with E-state index in [9.17, 15) is 9.59 Å². The molecule has 0 aliphatic rings. The molecule has 3 aromatic carbocycles. The van der Waals surface area contributed by atoms with Crippen LogP contribution in [-0.4, -0.2) is 37.0 Å². The fourth-order valence-electron chi connectivity index (χ4n) is 3.70. The molecular weight excluding hydrogens is 452 g/mol. The van der Waals surface area contributed by atoms with Crippen molar-refractivity contribution in [2.75, 3.05) is 19.5 Å². The molecular formula is C27H29ClN2O4. The Morgan fingerprint density at radius 2 is 1.65 bits per heavy atom. The fourth-order valence-corrected chi connectivity index (χ4v) is 3.82. The number of amides is 2. The van der Waals surface area contributed by atoms with Gasteiger partial charge < -0.3 is 19.7 Å². The van der Waals surface area contributed by atoms with E-state index in [0.29, 0.717) is 28.6 Å². The summed E-state index contributed by atoms with van der Waals surface area (Å²) in [5, 5.41) is 3.54. The molecule has 0 aliphatic carbocycles. The van der Waals surface area contributed by atoms with Crippen molar-refractivity contribution in [3.05, 3.63) is 88.9 Å². The minimum atomic E-state index is -0.682. The first-order chi connectivity index (χ1) is 16.4. The molecule has 0 spiro atoms. The molecule has 0 heterocycles. The van der Waals surface area contributed by atoms with Gasteiger partial charge in [-0.15, -0.1) is 0 Å². The average Bonchev–Trinajstić information content (AvgIpc) is 2.85. The molecule has 7 heteroatoms. The maximum Gasteiger partial charge on any atom is 0.247 e. The Hall–Kier alpha value is -3.51. The minimum absolute atomic E-state index is 0.134. The van der Waals surface area contributed by atoms with Crippen molar-refractivity contribution in [2.45, 2.75) is 32.4 Å². The summed E-state index contributed by atoms with van der Waals surface area (Å²) in [4.78, 5) is 28.4. The minimum Gasteiger partial charge on any atom is -0.497 e. The lowest BCUT2D eigenvalue weighted by Crippen LogP contribution is -2.47. The van der Waals surface area contributed by atoms with Crippen LogP contribution in [0.2, 0.25) is 5.02 Å². The number of nitrogens with zero attached hydrogens (tertiary/aromatic N) is 1. The predicted molar refractivity (Wildman–Crippen MR) is 134 cm³/mol. The van der Waals surface area contributed by atoms with E-state index in [-0.39, 0.29) is 24.8 Å². The number of methoxy groups -OCH3 is 2. The Labute approximate surface area is 205 Å². The summed E-state index contributed by atoms with van der Waals surface area (Å²) in [6.45, 7) is 2.18. The van der Waals surface area contributed by atoms with E-state index in [1.165, 1.54) is 7.11 Å². The van der Waals surface area contributed by atoms with E-state index in [1.807, 2.05) is 49.4 Å². The number of hydrogen-bond donors (Lipinski definition) is 1. The summed E-state index contributed by atoms with van der Waals surface area (Å²) in [6, 6.07) is 21.3. The van der Waals surface area contributed by atoms with Crippen LogP contribution < -0.4 is 14.8 Å². The number of nitrogens with one attached hydrogen (secondary N) is 1. The first-order valence-corrected chi connectivity index (χ1v) is 11.4. The third-order valence-electron chi connectivity index (χ3n) is 5.52. The number of benzene rings is 3. The molecule has 2 amide bonds. The van der Waals surface area contributed by atoms with Crippen molar-refractivity contribution in [3.8, 4) is 11.5 Å². The highest BCUT2D eigenvalue weighted by Crippen LogP contribution is 2.29.